The summed E-state index contributed by atoms with van der Waals surface area (Å²) in [5.41, 5.74) is 0. The third-order valence-corrected chi connectivity index (χ3v) is 1.72. The molecule has 2 atom stereocenters. The van der Waals surface area contributed by atoms with Gasteiger partial charge in [0.05, 0.1) is 6.61 Å². The second-order valence-electron chi connectivity index (χ2n) is 2.23. The highest BCUT2D eigenvalue weighted by molar-refractivity contribution is 4.93. The van der Waals surface area contributed by atoms with E-state index in [1.165, 1.54) is 0 Å². The fourth-order valence-electron chi connectivity index (χ4n) is 1.26. The van der Waals surface area contributed by atoms with E-state index in [4.69, 9.17) is 9.47 Å². The maximum Gasteiger partial charge on any atom is 0.226 e. The summed E-state index contributed by atoms with van der Waals surface area (Å²) >= 11 is 0. The Morgan fingerprint density at radius 3 is 3.25 bits per heavy atom. The van der Waals surface area contributed by atoms with Gasteiger partial charge in [-0.2, -0.15) is 0 Å². The Hall–Kier alpha value is -0.210. The van der Waals surface area contributed by atoms with Crippen LogP contribution in [-0.2, 0) is 9.47 Å². The van der Waals surface area contributed by atoms with Crippen LogP contribution in [0, 0.1) is 6.42 Å². The van der Waals surface area contributed by atoms with Gasteiger partial charge in [-0.25, -0.2) is 0 Å². The van der Waals surface area contributed by atoms with Gasteiger partial charge in [-0.3, -0.25) is 0 Å². The van der Waals surface area contributed by atoms with Gasteiger partial charge in [-0.15, -0.1) is 0 Å². The molecule has 0 aromatic rings. The molecule has 2 nitrogen and oxygen atoms in total. The standard InChI is InChI=1S/C6H9O2/c1-3-7-6-2-4-8-5(1)6/h1,5-6H,2-4H2/q+1. The van der Waals surface area contributed by atoms with Crippen molar-refractivity contribution in [1.29, 1.82) is 0 Å². The normalized spacial score (nSPS) is 44.0. The molecule has 0 bridgehead atoms. The highest BCUT2D eigenvalue weighted by Gasteiger charge is 2.41. The molecule has 0 spiro atoms. The average molecular weight is 113 g/mol. The first-order valence-electron chi connectivity index (χ1n) is 3.03. The molecule has 2 saturated heterocycles. The van der Waals surface area contributed by atoms with Crippen LogP contribution in [0.15, 0.2) is 0 Å². The molecular weight excluding hydrogens is 104 g/mol. The Morgan fingerprint density at radius 1 is 1.38 bits per heavy atom. The molecule has 0 saturated carbocycles. The van der Waals surface area contributed by atoms with Crippen LogP contribution in [0.25, 0.3) is 0 Å². The second kappa shape index (κ2) is 1.64. The average Bonchev–Trinajstić information content (AvgIpc) is 2.15. The molecule has 44 valence electrons. The number of rotatable bonds is 0. The van der Waals surface area contributed by atoms with Crippen LogP contribution >= 0.6 is 0 Å². The van der Waals surface area contributed by atoms with Gasteiger partial charge in [0, 0.05) is 6.42 Å². The predicted octanol–water partition coefficient (Wildman–Crippen LogP) is 0.378. The van der Waals surface area contributed by atoms with Crippen molar-refractivity contribution in [2.24, 2.45) is 0 Å². The Bertz CT molecular complexity index is 72.5. The lowest BCUT2D eigenvalue weighted by Crippen LogP contribution is -2.13. The SMILES string of the molecule is [CH+]1COC2CCOC12. The van der Waals surface area contributed by atoms with Gasteiger partial charge < -0.3 is 9.47 Å². The molecule has 0 amide bonds. The Kier molecular flexibility index (Phi) is 0.951. The largest absolute Gasteiger partial charge is 0.335 e. The van der Waals surface area contributed by atoms with Gasteiger partial charge in [0.25, 0.3) is 0 Å². The first kappa shape index (κ1) is 4.65. The molecule has 2 heteroatoms. The highest BCUT2D eigenvalue weighted by Crippen LogP contribution is 2.24. The van der Waals surface area contributed by atoms with E-state index in [-0.39, 0.29) is 0 Å². The highest BCUT2D eigenvalue weighted by atomic mass is 16.6. The summed E-state index contributed by atoms with van der Waals surface area (Å²) in [4.78, 5) is 0. The molecule has 0 radical (unpaired) electrons. The fraction of sp³-hybridized carbons (Fsp3) is 0.833. The van der Waals surface area contributed by atoms with Crippen LogP contribution in [0.3, 0.4) is 0 Å². The van der Waals surface area contributed by atoms with Crippen molar-refractivity contribution in [3.63, 3.8) is 0 Å². The molecule has 8 heavy (non-hydrogen) atoms. The van der Waals surface area contributed by atoms with Gasteiger partial charge in [-0.1, -0.05) is 0 Å². The first-order chi connectivity index (χ1) is 3.97. The minimum Gasteiger partial charge on any atom is -0.335 e. The van der Waals surface area contributed by atoms with Crippen molar-refractivity contribution in [1.82, 2.24) is 0 Å². The van der Waals surface area contributed by atoms with Gasteiger partial charge in [0.2, 0.25) is 6.10 Å². The van der Waals surface area contributed by atoms with Crippen molar-refractivity contribution in [2.75, 3.05) is 13.2 Å². The molecular formula is C6H9O2+. The van der Waals surface area contributed by atoms with Gasteiger partial charge >= 0.3 is 0 Å². The van der Waals surface area contributed by atoms with Crippen LogP contribution in [-0.4, -0.2) is 25.4 Å². The van der Waals surface area contributed by atoms with Gasteiger partial charge in [0.15, 0.2) is 6.61 Å². The van der Waals surface area contributed by atoms with Crippen molar-refractivity contribution >= 4 is 0 Å². The maximum atomic E-state index is 5.30. The van der Waals surface area contributed by atoms with E-state index < -0.39 is 0 Å². The molecule has 0 aliphatic carbocycles. The van der Waals surface area contributed by atoms with Crippen LogP contribution in [0.1, 0.15) is 6.42 Å². The lowest BCUT2D eigenvalue weighted by atomic mass is 10.2. The zero-order chi connectivity index (χ0) is 5.40. The van der Waals surface area contributed by atoms with E-state index >= 15 is 0 Å². The third kappa shape index (κ3) is 0.533. The van der Waals surface area contributed by atoms with E-state index in [1.54, 1.807) is 0 Å². The first-order valence-corrected chi connectivity index (χ1v) is 3.03. The van der Waals surface area contributed by atoms with Crippen molar-refractivity contribution in [3.05, 3.63) is 6.42 Å². The van der Waals surface area contributed by atoms with Crippen LogP contribution < -0.4 is 0 Å². The lowest BCUT2D eigenvalue weighted by molar-refractivity contribution is 0.0764. The van der Waals surface area contributed by atoms with Gasteiger partial charge in [0.1, 0.15) is 12.5 Å². The Balaban J connectivity index is 2.04. The van der Waals surface area contributed by atoms with Gasteiger partial charge in [-0.05, 0) is 0 Å². The maximum absolute atomic E-state index is 5.30. The molecule has 2 aliphatic heterocycles. The summed E-state index contributed by atoms with van der Waals surface area (Å²) in [6.07, 6.45) is 3.91. The second-order valence-corrected chi connectivity index (χ2v) is 2.23. The van der Waals surface area contributed by atoms with Crippen molar-refractivity contribution in [2.45, 2.75) is 18.6 Å². The topological polar surface area (TPSA) is 18.5 Å². The van der Waals surface area contributed by atoms with Crippen LogP contribution in [0.4, 0.5) is 0 Å². The Morgan fingerprint density at radius 2 is 2.38 bits per heavy atom. The molecule has 2 heterocycles. The third-order valence-electron chi connectivity index (χ3n) is 1.72. The number of hydrogen-bond donors (Lipinski definition) is 0. The minimum atomic E-state index is 0.329. The molecule has 0 aromatic carbocycles. The molecule has 2 unspecified atom stereocenters. The van der Waals surface area contributed by atoms with E-state index in [1.807, 2.05) is 0 Å². The van der Waals surface area contributed by atoms with Crippen LogP contribution in [0.2, 0.25) is 0 Å². The smallest absolute Gasteiger partial charge is 0.226 e. The van der Waals surface area contributed by atoms with E-state index in [2.05, 4.69) is 6.42 Å². The number of hydrogen-bond acceptors (Lipinski definition) is 2. The molecule has 2 fully saturated rings. The molecule has 2 aliphatic rings. The zero-order valence-electron chi connectivity index (χ0n) is 4.67. The fourth-order valence-corrected chi connectivity index (χ4v) is 1.26. The van der Waals surface area contributed by atoms with Crippen molar-refractivity contribution in [3.8, 4) is 0 Å². The predicted molar refractivity (Wildman–Crippen MR) is 28.4 cm³/mol. The van der Waals surface area contributed by atoms with E-state index in [0.717, 1.165) is 19.6 Å². The summed E-state index contributed by atoms with van der Waals surface area (Å²) < 4.78 is 10.6. The molecule has 0 N–H and O–H groups in total. The number of ether oxygens (including phenoxy) is 2. The quantitative estimate of drug-likeness (QED) is 0.423. The summed E-state index contributed by atoms with van der Waals surface area (Å²) in [6.45, 7) is 1.67. The monoisotopic (exact) mass is 113 g/mol. The van der Waals surface area contributed by atoms with Crippen molar-refractivity contribution < 1.29 is 9.47 Å². The molecule has 2 rings (SSSR count). The summed E-state index contributed by atoms with van der Waals surface area (Å²) in [7, 11) is 0. The Labute approximate surface area is 48.8 Å². The van der Waals surface area contributed by atoms with E-state index in [9.17, 15) is 0 Å². The summed E-state index contributed by atoms with van der Waals surface area (Å²) in [5.74, 6) is 0. The summed E-state index contributed by atoms with van der Waals surface area (Å²) in [5, 5.41) is 0. The van der Waals surface area contributed by atoms with Crippen LogP contribution in [0.5, 0.6) is 0 Å². The number of fused-ring (bicyclic) bond motifs is 1. The zero-order valence-corrected chi connectivity index (χ0v) is 4.67. The van der Waals surface area contributed by atoms with E-state index in [0.29, 0.717) is 12.2 Å². The summed E-state index contributed by atoms with van der Waals surface area (Å²) in [6, 6.07) is 0. The minimum absolute atomic E-state index is 0.329. The molecule has 0 aromatic heterocycles. The lowest BCUT2D eigenvalue weighted by Gasteiger charge is -1.95.